The minimum absolute atomic E-state index is 0.0339. The lowest BCUT2D eigenvalue weighted by atomic mass is 9.92. The number of Topliss-reactive ketones (excluding diaryl/α,β-unsaturated/α-hetero) is 1. The fourth-order valence-corrected chi connectivity index (χ4v) is 6.28. The number of nitrogens with zero attached hydrogens (tertiary/aromatic N) is 3. The molecule has 2 aliphatic heterocycles. The number of hydrogen-bond acceptors (Lipinski definition) is 9. The molecule has 39 heavy (non-hydrogen) atoms. The van der Waals surface area contributed by atoms with Crippen LogP contribution in [0.1, 0.15) is 47.4 Å². The summed E-state index contributed by atoms with van der Waals surface area (Å²) < 4.78 is 5.68. The first kappa shape index (κ1) is 28.4. The summed E-state index contributed by atoms with van der Waals surface area (Å²) in [6.45, 7) is 5.43. The van der Waals surface area contributed by atoms with Crippen molar-refractivity contribution in [3.8, 4) is 0 Å². The maximum absolute atomic E-state index is 13.1. The third-order valence-corrected chi connectivity index (χ3v) is 8.21. The quantitative estimate of drug-likeness (QED) is 0.119. The molecule has 12 heteroatoms. The lowest BCUT2D eigenvalue weighted by molar-refractivity contribution is -0.384. The Labute approximate surface area is 234 Å². The fourth-order valence-electron chi connectivity index (χ4n) is 4.81. The number of nitro benzene ring substituents is 1. The molecule has 4 rings (SSSR count). The fraction of sp³-hybridized carbons (Fsp3) is 0.370. The van der Waals surface area contributed by atoms with Gasteiger partial charge in [0.2, 0.25) is 17.6 Å². The van der Waals surface area contributed by atoms with Crippen LogP contribution in [0.25, 0.3) is 0 Å². The number of non-ortho nitro benzene ring substituents is 1. The van der Waals surface area contributed by atoms with Gasteiger partial charge in [0, 0.05) is 37.2 Å². The van der Waals surface area contributed by atoms with Gasteiger partial charge in [-0.15, -0.1) is 0 Å². The molecule has 0 N–H and O–H groups in total. The number of imide groups is 1. The third kappa shape index (κ3) is 6.69. The van der Waals surface area contributed by atoms with E-state index in [1.165, 1.54) is 54.2 Å². The van der Waals surface area contributed by atoms with Crippen LogP contribution in [0.15, 0.2) is 48.5 Å². The predicted molar refractivity (Wildman–Crippen MR) is 150 cm³/mol. The molecule has 2 aromatic carbocycles. The number of carbonyl (C=O) groups excluding carboxylic acids is 4. The van der Waals surface area contributed by atoms with Gasteiger partial charge < -0.3 is 9.64 Å². The lowest BCUT2D eigenvalue weighted by Gasteiger charge is -2.36. The Morgan fingerprint density at radius 2 is 1.74 bits per heavy atom. The highest BCUT2D eigenvalue weighted by Crippen LogP contribution is 2.33. The summed E-state index contributed by atoms with van der Waals surface area (Å²) >= 11 is 6.85. The number of thioether (sulfide) groups is 1. The number of esters is 1. The summed E-state index contributed by atoms with van der Waals surface area (Å²) in [5.74, 6) is -1.07. The van der Waals surface area contributed by atoms with Crippen molar-refractivity contribution in [3.05, 3.63) is 69.8 Å². The van der Waals surface area contributed by atoms with Crippen LogP contribution in [0.5, 0.6) is 0 Å². The van der Waals surface area contributed by atoms with Crippen molar-refractivity contribution in [1.82, 2.24) is 4.90 Å². The van der Waals surface area contributed by atoms with E-state index >= 15 is 0 Å². The average molecular weight is 570 g/mol. The molecule has 0 aromatic heterocycles. The highest BCUT2D eigenvalue weighted by Gasteiger charge is 2.41. The van der Waals surface area contributed by atoms with E-state index in [0.29, 0.717) is 21.8 Å². The summed E-state index contributed by atoms with van der Waals surface area (Å²) in [5, 5.41) is 10.3. The topological polar surface area (TPSA) is 127 Å². The number of amides is 2. The van der Waals surface area contributed by atoms with Gasteiger partial charge in [-0.3, -0.25) is 24.5 Å². The molecule has 2 amide bonds. The molecule has 2 aromatic rings. The Morgan fingerprint density at radius 1 is 1.08 bits per heavy atom. The van der Waals surface area contributed by atoms with Gasteiger partial charge in [-0.05, 0) is 42.5 Å². The predicted octanol–water partition coefficient (Wildman–Crippen LogP) is 4.26. The second kappa shape index (κ2) is 12.0. The van der Waals surface area contributed by atoms with E-state index < -0.39 is 28.5 Å². The Kier molecular flexibility index (Phi) is 8.76. The summed E-state index contributed by atoms with van der Waals surface area (Å²) in [4.78, 5) is 64.0. The van der Waals surface area contributed by atoms with Crippen molar-refractivity contribution < 1.29 is 28.8 Å². The molecule has 2 aliphatic rings. The summed E-state index contributed by atoms with van der Waals surface area (Å²) in [6.07, 6.45) is 1.17. The van der Waals surface area contributed by atoms with Crippen LogP contribution < -0.4 is 4.90 Å². The van der Waals surface area contributed by atoms with Crippen LogP contribution in [0.2, 0.25) is 0 Å². The molecule has 0 saturated carbocycles. The number of rotatable bonds is 7. The van der Waals surface area contributed by atoms with Crippen LogP contribution in [0.4, 0.5) is 11.4 Å². The molecule has 0 unspecified atom stereocenters. The van der Waals surface area contributed by atoms with Gasteiger partial charge in [0.25, 0.3) is 5.69 Å². The van der Waals surface area contributed by atoms with E-state index in [1.54, 1.807) is 0 Å². The molecule has 204 valence electrons. The molecule has 2 heterocycles. The zero-order valence-electron chi connectivity index (χ0n) is 21.4. The number of benzene rings is 2. The summed E-state index contributed by atoms with van der Waals surface area (Å²) in [7, 11) is 0. The molecular formula is C27H27N3O7S2. The van der Waals surface area contributed by atoms with Crippen LogP contribution in [0.3, 0.4) is 0 Å². The highest BCUT2D eigenvalue weighted by atomic mass is 32.2. The SMILES string of the molecule is C[C@@H]1C[C@@H](C)CN(C(=S)S[C@@H]2CC(=O)N(c3ccc(C(=O)OCC(=O)c4cccc([N+](=O)[O-])c4)cc3)C2=O)C1. The Hall–Kier alpha value is -3.64. The van der Waals surface area contributed by atoms with E-state index in [4.69, 9.17) is 17.0 Å². The van der Waals surface area contributed by atoms with E-state index in [-0.39, 0.29) is 35.0 Å². The zero-order valence-corrected chi connectivity index (χ0v) is 23.0. The number of ether oxygens (including phenoxy) is 1. The molecule has 10 nitrogen and oxygen atoms in total. The van der Waals surface area contributed by atoms with E-state index in [1.807, 2.05) is 0 Å². The van der Waals surface area contributed by atoms with Crippen molar-refractivity contribution in [2.24, 2.45) is 11.8 Å². The smallest absolute Gasteiger partial charge is 0.338 e. The van der Waals surface area contributed by atoms with Gasteiger partial charge in [0.05, 0.1) is 16.2 Å². The largest absolute Gasteiger partial charge is 0.454 e. The van der Waals surface area contributed by atoms with Gasteiger partial charge in [0.1, 0.15) is 9.57 Å². The monoisotopic (exact) mass is 569 g/mol. The van der Waals surface area contributed by atoms with Crippen molar-refractivity contribution in [2.75, 3.05) is 24.6 Å². The van der Waals surface area contributed by atoms with Crippen molar-refractivity contribution in [3.63, 3.8) is 0 Å². The van der Waals surface area contributed by atoms with Gasteiger partial charge in [-0.2, -0.15) is 0 Å². The van der Waals surface area contributed by atoms with Gasteiger partial charge in [-0.25, -0.2) is 9.69 Å². The Bertz CT molecular complexity index is 1320. The second-order valence-corrected chi connectivity index (χ2v) is 11.7. The second-order valence-electron chi connectivity index (χ2n) is 9.85. The first-order valence-electron chi connectivity index (χ1n) is 12.4. The average Bonchev–Trinajstić information content (AvgIpc) is 3.18. The molecule has 0 spiro atoms. The molecule has 0 bridgehead atoms. The highest BCUT2D eigenvalue weighted by molar-refractivity contribution is 8.23. The number of anilines is 1. The van der Waals surface area contributed by atoms with Crippen molar-refractivity contribution in [2.45, 2.75) is 31.9 Å². The van der Waals surface area contributed by atoms with Gasteiger partial charge in [0.15, 0.2) is 6.61 Å². The molecule has 3 atom stereocenters. The minimum atomic E-state index is -0.789. The third-order valence-electron chi connectivity index (χ3n) is 6.55. The molecule has 2 fully saturated rings. The van der Waals surface area contributed by atoms with Crippen LogP contribution in [-0.4, -0.2) is 62.7 Å². The number of piperidine rings is 1. The summed E-state index contributed by atoms with van der Waals surface area (Å²) in [6, 6.07) is 10.9. The minimum Gasteiger partial charge on any atom is -0.454 e. The maximum Gasteiger partial charge on any atom is 0.338 e. The van der Waals surface area contributed by atoms with Crippen molar-refractivity contribution in [1.29, 1.82) is 0 Å². The van der Waals surface area contributed by atoms with Gasteiger partial charge in [-0.1, -0.05) is 50.0 Å². The Morgan fingerprint density at radius 3 is 2.38 bits per heavy atom. The van der Waals surface area contributed by atoms with Crippen LogP contribution in [0, 0.1) is 22.0 Å². The molecule has 0 aliphatic carbocycles. The van der Waals surface area contributed by atoms with Crippen molar-refractivity contribution >= 4 is 63.2 Å². The van der Waals surface area contributed by atoms with Crippen LogP contribution in [-0.2, 0) is 14.3 Å². The zero-order chi connectivity index (χ0) is 28.3. The molecular weight excluding hydrogens is 542 g/mol. The number of likely N-dealkylation sites (tertiary alicyclic amines) is 1. The summed E-state index contributed by atoms with van der Waals surface area (Å²) in [5.41, 5.74) is 0.245. The number of thiocarbonyl (C=S) groups is 1. The van der Waals surface area contributed by atoms with E-state index in [9.17, 15) is 29.3 Å². The Balaban J connectivity index is 1.34. The molecule has 0 radical (unpaired) electrons. The molecule has 2 saturated heterocycles. The maximum atomic E-state index is 13.1. The van der Waals surface area contributed by atoms with Crippen LogP contribution >= 0.6 is 24.0 Å². The standard InChI is InChI=1S/C27H27N3O7S2/c1-16-10-17(2)14-28(13-16)27(38)39-23-12-24(32)29(25(23)33)20-8-6-18(7-9-20)26(34)37-15-22(31)19-4-3-5-21(11-19)30(35)36/h3-9,11,16-17,23H,10,12-15H2,1-2H3/t16-,17-,23-/m1/s1. The van der Waals surface area contributed by atoms with E-state index in [0.717, 1.165) is 30.5 Å². The first-order chi connectivity index (χ1) is 18.5. The number of nitro groups is 1. The van der Waals surface area contributed by atoms with E-state index in [2.05, 4.69) is 18.7 Å². The number of ketones is 1. The first-order valence-corrected chi connectivity index (χ1v) is 13.7. The van der Waals surface area contributed by atoms with Gasteiger partial charge >= 0.3 is 5.97 Å². The number of hydrogen-bond donors (Lipinski definition) is 0. The number of carbonyl (C=O) groups is 4. The lowest BCUT2D eigenvalue weighted by Crippen LogP contribution is -2.41. The normalized spacial score (nSPS) is 21.1.